The number of rotatable bonds is 2. The molecule has 0 aliphatic rings. The molecule has 0 amide bonds. The van der Waals surface area contributed by atoms with Gasteiger partial charge in [-0.25, -0.2) is 4.39 Å². The first-order chi connectivity index (χ1) is 7.68. The minimum Gasteiger partial charge on any atom is -0.320 e. The van der Waals surface area contributed by atoms with Crippen LogP contribution in [0.2, 0.25) is 5.02 Å². The molecule has 0 aromatic heterocycles. The zero-order chi connectivity index (χ0) is 11.5. The van der Waals surface area contributed by atoms with Crippen LogP contribution in [0.15, 0.2) is 48.5 Å². The van der Waals surface area contributed by atoms with Gasteiger partial charge in [-0.2, -0.15) is 0 Å². The second-order valence-corrected chi connectivity index (χ2v) is 3.97. The van der Waals surface area contributed by atoms with Crippen molar-refractivity contribution < 1.29 is 4.39 Å². The van der Waals surface area contributed by atoms with Crippen molar-refractivity contribution in [1.29, 1.82) is 0 Å². The normalized spacial score (nSPS) is 12.4. The number of benzene rings is 2. The average Bonchev–Trinajstić information content (AvgIpc) is 2.33. The SMILES string of the molecule is NC(c1ccccc1)c1ccc(F)c(Cl)c1. The van der Waals surface area contributed by atoms with E-state index in [2.05, 4.69) is 0 Å². The third-order valence-corrected chi connectivity index (χ3v) is 2.75. The van der Waals surface area contributed by atoms with Gasteiger partial charge in [0.25, 0.3) is 0 Å². The lowest BCUT2D eigenvalue weighted by atomic mass is 10.00. The van der Waals surface area contributed by atoms with Gasteiger partial charge in [0.1, 0.15) is 5.82 Å². The molecule has 82 valence electrons. The molecule has 1 nitrogen and oxygen atoms in total. The van der Waals surface area contributed by atoms with Crippen molar-refractivity contribution in [2.45, 2.75) is 6.04 Å². The molecule has 0 radical (unpaired) electrons. The second-order valence-electron chi connectivity index (χ2n) is 3.56. The van der Waals surface area contributed by atoms with Crippen molar-refractivity contribution in [2.24, 2.45) is 5.73 Å². The number of nitrogens with two attached hydrogens (primary N) is 1. The first-order valence-electron chi connectivity index (χ1n) is 4.94. The molecule has 0 bridgehead atoms. The third-order valence-electron chi connectivity index (χ3n) is 2.46. The molecule has 2 rings (SSSR count). The van der Waals surface area contributed by atoms with Gasteiger partial charge < -0.3 is 5.73 Å². The van der Waals surface area contributed by atoms with Crippen LogP contribution in [-0.2, 0) is 0 Å². The monoisotopic (exact) mass is 235 g/mol. The van der Waals surface area contributed by atoms with Gasteiger partial charge in [0.05, 0.1) is 11.1 Å². The Morgan fingerprint density at radius 3 is 2.31 bits per heavy atom. The van der Waals surface area contributed by atoms with Gasteiger partial charge in [0.2, 0.25) is 0 Å². The van der Waals surface area contributed by atoms with Crippen LogP contribution >= 0.6 is 11.6 Å². The summed E-state index contributed by atoms with van der Waals surface area (Å²) in [5.41, 5.74) is 7.83. The van der Waals surface area contributed by atoms with Crippen LogP contribution in [0.3, 0.4) is 0 Å². The maximum atomic E-state index is 13.0. The maximum Gasteiger partial charge on any atom is 0.141 e. The van der Waals surface area contributed by atoms with Gasteiger partial charge >= 0.3 is 0 Å². The van der Waals surface area contributed by atoms with Crippen molar-refractivity contribution in [3.8, 4) is 0 Å². The summed E-state index contributed by atoms with van der Waals surface area (Å²) >= 11 is 5.71. The molecular weight excluding hydrogens is 225 g/mol. The summed E-state index contributed by atoms with van der Waals surface area (Å²) in [5.74, 6) is -0.425. The van der Waals surface area contributed by atoms with Crippen molar-refractivity contribution in [1.82, 2.24) is 0 Å². The van der Waals surface area contributed by atoms with Crippen LogP contribution in [0.1, 0.15) is 17.2 Å². The Bertz CT molecular complexity index is 485. The van der Waals surface area contributed by atoms with E-state index in [9.17, 15) is 4.39 Å². The molecule has 2 N–H and O–H groups in total. The van der Waals surface area contributed by atoms with E-state index >= 15 is 0 Å². The second kappa shape index (κ2) is 4.64. The minimum atomic E-state index is -0.425. The third kappa shape index (κ3) is 2.23. The highest BCUT2D eigenvalue weighted by molar-refractivity contribution is 6.30. The summed E-state index contributed by atoms with van der Waals surface area (Å²) in [6, 6.07) is 13.9. The summed E-state index contributed by atoms with van der Waals surface area (Å²) in [6.45, 7) is 0. The summed E-state index contributed by atoms with van der Waals surface area (Å²) in [4.78, 5) is 0. The Balaban J connectivity index is 2.34. The molecule has 0 heterocycles. The molecule has 3 heteroatoms. The molecule has 0 saturated carbocycles. The van der Waals surface area contributed by atoms with Crippen molar-refractivity contribution in [2.75, 3.05) is 0 Å². The van der Waals surface area contributed by atoms with Gasteiger partial charge in [-0.3, -0.25) is 0 Å². The molecule has 0 fully saturated rings. The molecule has 0 aliphatic carbocycles. The Labute approximate surface area is 98.7 Å². The lowest BCUT2D eigenvalue weighted by Crippen LogP contribution is -2.11. The highest BCUT2D eigenvalue weighted by Gasteiger charge is 2.10. The van der Waals surface area contributed by atoms with Gasteiger partial charge in [-0.15, -0.1) is 0 Å². The Morgan fingerprint density at radius 1 is 1.00 bits per heavy atom. The summed E-state index contributed by atoms with van der Waals surface area (Å²) in [7, 11) is 0. The lowest BCUT2D eigenvalue weighted by molar-refractivity contribution is 0.627. The molecule has 0 spiro atoms. The number of hydrogen-bond acceptors (Lipinski definition) is 1. The Morgan fingerprint density at radius 2 is 1.69 bits per heavy atom. The number of halogens is 2. The standard InChI is InChI=1S/C13H11ClFN/c14-11-8-10(6-7-12(11)15)13(16)9-4-2-1-3-5-9/h1-8,13H,16H2. The van der Waals surface area contributed by atoms with E-state index in [4.69, 9.17) is 17.3 Å². The van der Waals surface area contributed by atoms with Crippen molar-refractivity contribution >= 4 is 11.6 Å². The molecular formula is C13H11ClFN. The zero-order valence-electron chi connectivity index (χ0n) is 8.53. The average molecular weight is 236 g/mol. The predicted molar refractivity (Wildman–Crippen MR) is 63.9 cm³/mol. The Kier molecular flexibility index (Phi) is 3.22. The maximum absolute atomic E-state index is 13.0. The fourth-order valence-corrected chi connectivity index (χ4v) is 1.75. The molecule has 2 aromatic rings. The predicted octanol–water partition coefficient (Wildman–Crippen LogP) is 3.53. The van der Waals surface area contributed by atoms with Gasteiger partial charge in [0.15, 0.2) is 0 Å². The van der Waals surface area contributed by atoms with Crippen LogP contribution in [0.5, 0.6) is 0 Å². The first-order valence-corrected chi connectivity index (χ1v) is 5.32. The van der Waals surface area contributed by atoms with E-state index in [1.165, 1.54) is 6.07 Å². The fourth-order valence-electron chi connectivity index (χ4n) is 1.56. The van der Waals surface area contributed by atoms with E-state index in [0.717, 1.165) is 11.1 Å². The lowest BCUT2D eigenvalue weighted by Gasteiger charge is -2.12. The summed E-state index contributed by atoms with van der Waals surface area (Å²) in [5, 5.41) is 0.101. The molecule has 16 heavy (non-hydrogen) atoms. The molecule has 1 atom stereocenters. The van der Waals surface area contributed by atoms with Crippen LogP contribution in [-0.4, -0.2) is 0 Å². The van der Waals surface area contributed by atoms with Gasteiger partial charge in [-0.05, 0) is 23.3 Å². The van der Waals surface area contributed by atoms with E-state index < -0.39 is 5.82 Å². The molecule has 1 unspecified atom stereocenters. The van der Waals surface area contributed by atoms with Crippen LogP contribution < -0.4 is 5.73 Å². The minimum absolute atomic E-state index is 0.101. The van der Waals surface area contributed by atoms with Crippen molar-refractivity contribution in [3.63, 3.8) is 0 Å². The van der Waals surface area contributed by atoms with E-state index in [1.54, 1.807) is 12.1 Å². The van der Waals surface area contributed by atoms with Crippen LogP contribution in [0.25, 0.3) is 0 Å². The highest BCUT2D eigenvalue weighted by atomic mass is 35.5. The van der Waals surface area contributed by atoms with Crippen LogP contribution in [0.4, 0.5) is 4.39 Å². The largest absolute Gasteiger partial charge is 0.320 e. The Hall–Kier alpha value is -1.38. The topological polar surface area (TPSA) is 26.0 Å². The van der Waals surface area contributed by atoms with Gasteiger partial charge in [-0.1, -0.05) is 48.0 Å². The smallest absolute Gasteiger partial charge is 0.141 e. The van der Waals surface area contributed by atoms with Crippen LogP contribution in [0, 0.1) is 5.82 Å². The first kappa shape index (κ1) is 11.1. The summed E-state index contributed by atoms with van der Waals surface area (Å²) < 4.78 is 13.0. The fraction of sp³-hybridized carbons (Fsp3) is 0.0769. The molecule has 2 aromatic carbocycles. The zero-order valence-corrected chi connectivity index (χ0v) is 9.29. The molecule has 0 aliphatic heterocycles. The number of hydrogen-bond donors (Lipinski definition) is 1. The highest BCUT2D eigenvalue weighted by Crippen LogP contribution is 2.23. The van der Waals surface area contributed by atoms with E-state index in [0.29, 0.717) is 0 Å². The molecule has 0 saturated heterocycles. The van der Waals surface area contributed by atoms with E-state index in [-0.39, 0.29) is 11.1 Å². The summed E-state index contributed by atoms with van der Waals surface area (Å²) in [6.07, 6.45) is 0. The van der Waals surface area contributed by atoms with E-state index in [1.807, 2.05) is 30.3 Å². The van der Waals surface area contributed by atoms with Gasteiger partial charge in [0, 0.05) is 0 Å². The quantitative estimate of drug-likeness (QED) is 0.847. The van der Waals surface area contributed by atoms with Crippen molar-refractivity contribution in [3.05, 3.63) is 70.5 Å².